The van der Waals surface area contributed by atoms with Gasteiger partial charge in [0.05, 0.1) is 24.0 Å². The monoisotopic (exact) mass is 453 g/mol. The lowest BCUT2D eigenvalue weighted by Crippen LogP contribution is -2.41. The smallest absolute Gasteiger partial charge is 0.309 e. The predicted molar refractivity (Wildman–Crippen MR) is 121 cm³/mol. The quantitative estimate of drug-likeness (QED) is 0.561. The summed E-state index contributed by atoms with van der Waals surface area (Å²) in [5.74, 6) is -1.65. The Hall–Kier alpha value is -3.69. The van der Waals surface area contributed by atoms with Crippen LogP contribution in [-0.4, -0.2) is 47.4 Å². The van der Waals surface area contributed by atoms with Crippen molar-refractivity contribution in [2.75, 3.05) is 29.9 Å². The van der Waals surface area contributed by atoms with Gasteiger partial charge in [0.15, 0.2) is 0 Å². The Morgan fingerprint density at radius 3 is 2.61 bits per heavy atom. The number of ether oxygens (including phenoxy) is 1. The third-order valence-corrected chi connectivity index (χ3v) is 5.98. The molecule has 0 saturated carbocycles. The Kier molecular flexibility index (Phi) is 6.71. The van der Waals surface area contributed by atoms with Crippen LogP contribution in [0.25, 0.3) is 0 Å². The number of carbonyl (C=O) groups excluding carboxylic acids is 3. The number of carbonyl (C=O) groups is 3. The molecule has 174 valence electrons. The fourth-order valence-electron chi connectivity index (χ4n) is 4.23. The molecule has 1 unspecified atom stereocenters. The maximum absolute atomic E-state index is 13.0. The highest BCUT2D eigenvalue weighted by atomic mass is 16.5. The SMILES string of the molecule is CCOC(=O)C1CCN(c2nc3c(c(=O)[nH]2)C(C(=O)NCc2ccccc2)CC(=O)N3)CC1. The van der Waals surface area contributed by atoms with Crippen molar-refractivity contribution in [1.82, 2.24) is 15.3 Å². The molecule has 0 aliphatic carbocycles. The molecule has 1 atom stereocenters. The molecule has 1 aromatic heterocycles. The van der Waals surface area contributed by atoms with Gasteiger partial charge in [-0.3, -0.25) is 24.2 Å². The van der Waals surface area contributed by atoms with Gasteiger partial charge in [-0.25, -0.2) is 0 Å². The molecule has 0 radical (unpaired) electrons. The molecule has 2 amide bonds. The van der Waals surface area contributed by atoms with Crippen LogP contribution < -0.4 is 21.1 Å². The average Bonchev–Trinajstić information content (AvgIpc) is 2.82. The normalized spacial score (nSPS) is 18.3. The molecule has 4 rings (SSSR count). The van der Waals surface area contributed by atoms with E-state index in [9.17, 15) is 19.2 Å². The number of fused-ring (bicyclic) bond motifs is 1. The minimum Gasteiger partial charge on any atom is -0.466 e. The van der Waals surface area contributed by atoms with Gasteiger partial charge < -0.3 is 20.3 Å². The lowest BCUT2D eigenvalue weighted by Gasteiger charge is -2.32. The van der Waals surface area contributed by atoms with Gasteiger partial charge in [-0.1, -0.05) is 30.3 Å². The minimum atomic E-state index is -0.919. The van der Waals surface area contributed by atoms with Crippen LogP contribution in [0, 0.1) is 5.92 Å². The molecule has 33 heavy (non-hydrogen) atoms. The number of hydrogen-bond acceptors (Lipinski definition) is 7. The standard InChI is InChI=1S/C23H27N5O5/c1-2-33-22(32)15-8-10-28(11-9-15)23-26-19-18(21(31)27-23)16(12-17(29)25-19)20(30)24-13-14-6-4-3-5-7-14/h3-7,15-16H,2,8-13H2,1H3,(H,24,30)(H2,25,26,27,29,31). The summed E-state index contributed by atoms with van der Waals surface area (Å²) >= 11 is 0. The van der Waals surface area contributed by atoms with E-state index in [1.165, 1.54) is 0 Å². The molecular weight excluding hydrogens is 426 g/mol. The first-order chi connectivity index (χ1) is 16.0. The Balaban J connectivity index is 1.49. The first-order valence-corrected chi connectivity index (χ1v) is 11.1. The van der Waals surface area contributed by atoms with Gasteiger partial charge in [0.25, 0.3) is 5.56 Å². The Morgan fingerprint density at radius 2 is 1.91 bits per heavy atom. The molecule has 2 aromatic rings. The Labute approximate surface area is 190 Å². The second-order valence-corrected chi connectivity index (χ2v) is 8.17. The lowest BCUT2D eigenvalue weighted by molar-refractivity contribution is -0.148. The van der Waals surface area contributed by atoms with Crippen molar-refractivity contribution in [1.29, 1.82) is 0 Å². The highest BCUT2D eigenvalue weighted by molar-refractivity contribution is 6.00. The van der Waals surface area contributed by atoms with E-state index in [1.54, 1.807) is 6.92 Å². The first kappa shape index (κ1) is 22.5. The van der Waals surface area contributed by atoms with Gasteiger partial charge in [-0.05, 0) is 25.3 Å². The summed E-state index contributed by atoms with van der Waals surface area (Å²) in [5, 5.41) is 5.44. The number of hydrogen-bond donors (Lipinski definition) is 3. The van der Waals surface area contributed by atoms with Gasteiger partial charge >= 0.3 is 5.97 Å². The van der Waals surface area contributed by atoms with Gasteiger partial charge in [-0.2, -0.15) is 4.98 Å². The molecule has 1 aromatic carbocycles. The molecule has 10 heteroatoms. The number of aromatic amines is 1. The van der Waals surface area contributed by atoms with Gasteiger partial charge in [-0.15, -0.1) is 0 Å². The number of nitrogens with one attached hydrogen (secondary N) is 3. The highest BCUT2D eigenvalue weighted by Crippen LogP contribution is 2.30. The van der Waals surface area contributed by atoms with Crippen molar-refractivity contribution in [3.05, 3.63) is 51.8 Å². The zero-order valence-corrected chi connectivity index (χ0v) is 18.4. The second kappa shape index (κ2) is 9.85. The fourth-order valence-corrected chi connectivity index (χ4v) is 4.23. The number of esters is 1. The summed E-state index contributed by atoms with van der Waals surface area (Å²) in [6, 6.07) is 9.39. The molecule has 0 bridgehead atoms. The number of amides is 2. The van der Waals surface area contributed by atoms with Crippen LogP contribution in [0.3, 0.4) is 0 Å². The Morgan fingerprint density at radius 1 is 1.18 bits per heavy atom. The molecule has 1 fully saturated rings. The largest absolute Gasteiger partial charge is 0.466 e. The average molecular weight is 453 g/mol. The molecule has 10 nitrogen and oxygen atoms in total. The number of aromatic nitrogens is 2. The summed E-state index contributed by atoms with van der Waals surface area (Å²) in [7, 11) is 0. The zero-order valence-electron chi connectivity index (χ0n) is 18.4. The van der Waals surface area contributed by atoms with Crippen LogP contribution >= 0.6 is 0 Å². The predicted octanol–water partition coefficient (Wildman–Crippen LogP) is 1.29. The van der Waals surface area contributed by atoms with E-state index in [1.807, 2.05) is 35.2 Å². The van der Waals surface area contributed by atoms with Gasteiger partial charge in [0.1, 0.15) is 5.82 Å². The third-order valence-electron chi connectivity index (χ3n) is 5.98. The van der Waals surface area contributed by atoms with Crippen molar-refractivity contribution in [3.8, 4) is 0 Å². The van der Waals surface area contributed by atoms with E-state index >= 15 is 0 Å². The van der Waals surface area contributed by atoms with Crippen LogP contribution in [-0.2, 0) is 25.7 Å². The van der Waals surface area contributed by atoms with Crippen molar-refractivity contribution in [2.24, 2.45) is 5.92 Å². The number of anilines is 2. The van der Waals surface area contributed by atoms with E-state index in [0.717, 1.165) is 5.56 Å². The number of piperidine rings is 1. The van der Waals surface area contributed by atoms with Crippen molar-refractivity contribution in [3.63, 3.8) is 0 Å². The summed E-state index contributed by atoms with van der Waals surface area (Å²) in [5.41, 5.74) is 0.618. The molecule has 3 heterocycles. The number of H-pyrrole nitrogens is 1. The van der Waals surface area contributed by atoms with Crippen molar-refractivity contribution >= 4 is 29.5 Å². The first-order valence-electron chi connectivity index (χ1n) is 11.1. The number of nitrogens with zero attached hydrogens (tertiary/aromatic N) is 2. The highest BCUT2D eigenvalue weighted by Gasteiger charge is 2.35. The summed E-state index contributed by atoms with van der Waals surface area (Å²) in [6.07, 6.45) is 1.04. The van der Waals surface area contributed by atoms with E-state index in [4.69, 9.17) is 4.74 Å². The van der Waals surface area contributed by atoms with Gasteiger partial charge in [0, 0.05) is 26.1 Å². The van der Waals surface area contributed by atoms with Gasteiger partial charge in [0.2, 0.25) is 17.8 Å². The fraction of sp³-hybridized carbons (Fsp3) is 0.435. The summed E-state index contributed by atoms with van der Waals surface area (Å²) in [4.78, 5) is 59.1. The number of rotatable bonds is 6. The van der Waals surface area contributed by atoms with E-state index < -0.39 is 17.4 Å². The minimum absolute atomic E-state index is 0.109. The summed E-state index contributed by atoms with van der Waals surface area (Å²) in [6.45, 7) is 3.45. The van der Waals surface area contributed by atoms with Crippen LogP contribution in [0.1, 0.15) is 43.2 Å². The van der Waals surface area contributed by atoms with Crippen molar-refractivity contribution < 1.29 is 19.1 Å². The molecule has 3 N–H and O–H groups in total. The third kappa shape index (κ3) is 5.05. The maximum Gasteiger partial charge on any atom is 0.309 e. The van der Waals surface area contributed by atoms with Crippen LogP contribution in [0.4, 0.5) is 11.8 Å². The maximum atomic E-state index is 13.0. The van der Waals surface area contributed by atoms with Crippen molar-refractivity contribution in [2.45, 2.75) is 38.6 Å². The zero-order chi connectivity index (χ0) is 23.4. The van der Waals surface area contributed by atoms with E-state index in [-0.39, 0.29) is 35.6 Å². The van der Waals surface area contributed by atoms with Crippen LogP contribution in [0.2, 0.25) is 0 Å². The molecule has 1 saturated heterocycles. The second-order valence-electron chi connectivity index (χ2n) is 8.17. The molecule has 2 aliphatic heterocycles. The summed E-state index contributed by atoms with van der Waals surface area (Å²) < 4.78 is 5.09. The Bertz CT molecular complexity index is 1090. The molecule has 0 spiro atoms. The van der Waals surface area contributed by atoms with Crippen LogP contribution in [0.5, 0.6) is 0 Å². The number of benzene rings is 1. The lowest BCUT2D eigenvalue weighted by atomic mass is 9.92. The molecular formula is C23H27N5O5. The van der Waals surface area contributed by atoms with E-state index in [0.29, 0.717) is 45.0 Å². The van der Waals surface area contributed by atoms with E-state index in [2.05, 4.69) is 20.6 Å². The van der Waals surface area contributed by atoms with Crippen LogP contribution in [0.15, 0.2) is 35.1 Å². The molecule has 2 aliphatic rings. The topological polar surface area (TPSA) is 133 Å².